The van der Waals surface area contributed by atoms with E-state index >= 15 is 0 Å². The summed E-state index contributed by atoms with van der Waals surface area (Å²) in [4.78, 5) is 10.3. The van der Waals surface area contributed by atoms with Crippen molar-refractivity contribution < 1.29 is 22.7 Å². The molecule has 0 bridgehead atoms. The molecule has 0 spiro atoms. The van der Waals surface area contributed by atoms with Crippen molar-refractivity contribution in [1.29, 1.82) is 0 Å². The lowest BCUT2D eigenvalue weighted by Gasteiger charge is -2.22. The van der Waals surface area contributed by atoms with Gasteiger partial charge in [0.25, 0.3) is 0 Å². The van der Waals surface area contributed by atoms with Crippen molar-refractivity contribution >= 4 is 16.0 Å². The van der Waals surface area contributed by atoms with E-state index in [-0.39, 0.29) is 12.5 Å². The lowest BCUT2D eigenvalue weighted by atomic mass is 10.2. The average molecular weight is 289 g/mol. The molecule has 0 aliphatic carbocycles. The van der Waals surface area contributed by atoms with Crippen LogP contribution in [0.3, 0.4) is 0 Å². The molecule has 0 aliphatic heterocycles. The third-order valence-electron chi connectivity index (χ3n) is 2.33. The van der Waals surface area contributed by atoms with Gasteiger partial charge in [-0.15, -0.1) is 0 Å². The molecule has 0 saturated carbocycles. The lowest BCUT2D eigenvalue weighted by Crippen LogP contribution is -2.38. The van der Waals surface area contributed by atoms with E-state index in [0.717, 1.165) is 16.4 Å². The van der Waals surface area contributed by atoms with Gasteiger partial charge in [0.05, 0.1) is 0 Å². The van der Waals surface area contributed by atoms with Gasteiger partial charge < -0.3 is 5.11 Å². The molecule has 19 heavy (non-hydrogen) atoms. The molecule has 0 saturated heterocycles. The van der Waals surface area contributed by atoms with Gasteiger partial charge in [-0.3, -0.25) is 4.79 Å². The van der Waals surface area contributed by atoms with Gasteiger partial charge in [-0.2, -0.15) is 4.31 Å². The third-order valence-corrected chi connectivity index (χ3v) is 4.18. The summed E-state index contributed by atoms with van der Waals surface area (Å²) in [6, 6.07) is 4.92. The summed E-state index contributed by atoms with van der Waals surface area (Å²) in [6.07, 6.45) is 0. The number of carboxylic acid groups (broad SMARTS) is 1. The molecule has 0 heterocycles. The van der Waals surface area contributed by atoms with Crippen LogP contribution in [-0.2, 0) is 14.8 Å². The van der Waals surface area contributed by atoms with Crippen molar-refractivity contribution in [1.82, 2.24) is 4.31 Å². The van der Waals surface area contributed by atoms with Gasteiger partial charge >= 0.3 is 5.97 Å². The van der Waals surface area contributed by atoms with Crippen LogP contribution in [0.1, 0.15) is 13.8 Å². The van der Waals surface area contributed by atoms with Crippen LogP contribution in [0, 0.1) is 11.7 Å². The average Bonchev–Trinajstić information content (AvgIpc) is 2.27. The second-order valence-electron chi connectivity index (χ2n) is 4.52. The summed E-state index contributed by atoms with van der Waals surface area (Å²) in [5.41, 5.74) is 0. The summed E-state index contributed by atoms with van der Waals surface area (Å²) in [5.74, 6) is -2.23. The Labute approximate surface area is 111 Å². The number of halogens is 1. The molecule has 0 aromatic heterocycles. The van der Waals surface area contributed by atoms with Gasteiger partial charge in [-0.1, -0.05) is 26.0 Å². The van der Waals surface area contributed by atoms with Gasteiger partial charge in [0.1, 0.15) is 17.3 Å². The number of carboxylic acids is 1. The fourth-order valence-electron chi connectivity index (χ4n) is 1.60. The zero-order chi connectivity index (χ0) is 14.6. The number of benzene rings is 1. The first kappa shape index (κ1) is 15.6. The zero-order valence-corrected chi connectivity index (χ0v) is 11.5. The van der Waals surface area contributed by atoms with Crippen LogP contribution in [0.2, 0.25) is 0 Å². The second kappa shape index (κ2) is 6.12. The van der Waals surface area contributed by atoms with E-state index in [9.17, 15) is 17.6 Å². The van der Waals surface area contributed by atoms with E-state index in [1.807, 2.05) is 0 Å². The highest BCUT2D eigenvalue weighted by Crippen LogP contribution is 2.19. The van der Waals surface area contributed by atoms with Crippen LogP contribution >= 0.6 is 0 Å². The van der Waals surface area contributed by atoms with Crippen LogP contribution in [-0.4, -0.2) is 36.9 Å². The van der Waals surface area contributed by atoms with E-state index in [2.05, 4.69) is 0 Å². The molecule has 1 aromatic carbocycles. The van der Waals surface area contributed by atoms with E-state index in [4.69, 9.17) is 5.11 Å². The molecule has 0 fully saturated rings. The van der Waals surface area contributed by atoms with Crippen molar-refractivity contribution in [3.05, 3.63) is 30.1 Å². The van der Waals surface area contributed by atoms with Crippen LogP contribution in [0.4, 0.5) is 4.39 Å². The molecule has 0 amide bonds. The number of sulfonamides is 1. The minimum Gasteiger partial charge on any atom is -0.480 e. The van der Waals surface area contributed by atoms with Crippen molar-refractivity contribution in [3.8, 4) is 0 Å². The summed E-state index contributed by atoms with van der Waals surface area (Å²) in [6.45, 7) is 2.84. The number of aliphatic carboxylic acids is 1. The first-order valence-electron chi connectivity index (χ1n) is 5.71. The van der Waals surface area contributed by atoms with E-state index in [0.29, 0.717) is 0 Å². The van der Waals surface area contributed by atoms with E-state index in [1.54, 1.807) is 13.8 Å². The van der Waals surface area contributed by atoms with E-state index in [1.165, 1.54) is 12.1 Å². The summed E-state index contributed by atoms with van der Waals surface area (Å²) in [5, 5.41) is 8.78. The van der Waals surface area contributed by atoms with Crippen LogP contribution in [0.5, 0.6) is 0 Å². The van der Waals surface area contributed by atoms with Crippen LogP contribution < -0.4 is 0 Å². The molecular formula is C12H16FNO4S. The van der Waals surface area contributed by atoms with Gasteiger partial charge in [0.2, 0.25) is 10.0 Å². The molecule has 1 rings (SSSR count). The fraction of sp³-hybridized carbons (Fsp3) is 0.417. The maximum Gasteiger partial charge on any atom is 0.318 e. The Morgan fingerprint density at radius 1 is 1.37 bits per heavy atom. The SMILES string of the molecule is CC(C)CN(CC(=O)O)S(=O)(=O)c1ccccc1F. The maximum atomic E-state index is 13.6. The Morgan fingerprint density at radius 2 is 1.95 bits per heavy atom. The largest absolute Gasteiger partial charge is 0.480 e. The highest BCUT2D eigenvalue weighted by molar-refractivity contribution is 7.89. The normalized spacial score (nSPS) is 12.1. The van der Waals surface area contributed by atoms with Gasteiger partial charge in [-0.05, 0) is 18.1 Å². The summed E-state index contributed by atoms with van der Waals surface area (Å²) >= 11 is 0. The molecular weight excluding hydrogens is 273 g/mol. The molecule has 0 aliphatic rings. The van der Waals surface area contributed by atoms with Gasteiger partial charge in [0.15, 0.2) is 0 Å². The van der Waals surface area contributed by atoms with Crippen molar-refractivity contribution in [2.24, 2.45) is 5.92 Å². The highest BCUT2D eigenvalue weighted by Gasteiger charge is 2.29. The maximum absolute atomic E-state index is 13.6. The molecule has 0 unspecified atom stereocenters. The number of carbonyl (C=O) groups is 1. The Hall–Kier alpha value is -1.47. The Kier molecular flexibility index (Phi) is 5.02. The number of hydrogen-bond acceptors (Lipinski definition) is 3. The van der Waals surface area contributed by atoms with Crippen LogP contribution in [0.25, 0.3) is 0 Å². The summed E-state index contributed by atoms with van der Waals surface area (Å²) < 4.78 is 38.8. The van der Waals surface area contributed by atoms with Crippen LogP contribution in [0.15, 0.2) is 29.2 Å². The first-order chi connectivity index (χ1) is 8.75. The number of rotatable bonds is 6. The van der Waals surface area contributed by atoms with Crippen molar-refractivity contribution in [2.75, 3.05) is 13.1 Å². The second-order valence-corrected chi connectivity index (χ2v) is 6.42. The predicted molar refractivity (Wildman–Crippen MR) is 67.6 cm³/mol. The molecule has 0 radical (unpaired) electrons. The third kappa shape index (κ3) is 4.00. The zero-order valence-electron chi connectivity index (χ0n) is 10.7. The Bertz CT molecular complexity index is 557. The topological polar surface area (TPSA) is 74.7 Å². The highest BCUT2D eigenvalue weighted by atomic mass is 32.2. The predicted octanol–water partition coefficient (Wildman–Crippen LogP) is 1.56. The quantitative estimate of drug-likeness (QED) is 0.862. The Morgan fingerprint density at radius 3 is 2.42 bits per heavy atom. The smallest absolute Gasteiger partial charge is 0.318 e. The molecule has 1 N–H and O–H groups in total. The standard InChI is InChI=1S/C12H16FNO4S/c1-9(2)7-14(8-12(15)16)19(17,18)11-6-4-3-5-10(11)13/h3-6,9H,7-8H2,1-2H3,(H,15,16). The molecule has 106 valence electrons. The first-order valence-corrected chi connectivity index (χ1v) is 7.15. The van der Waals surface area contributed by atoms with Crippen molar-refractivity contribution in [2.45, 2.75) is 18.7 Å². The lowest BCUT2D eigenvalue weighted by molar-refractivity contribution is -0.137. The molecule has 7 heteroatoms. The summed E-state index contributed by atoms with van der Waals surface area (Å²) in [7, 11) is -4.14. The number of hydrogen-bond donors (Lipinski definition) is 1. The molecule has 5 nitrogen and oxygen atoms in total. The molecule has 0 atom stereocenters. The minimum atomic E-state index is -4.14. The monoisotopic (exact) mass is 289 g/mol. The van der Waals surface area contributed by atoms with Gasteiger partial charge in [0, 0.05) is 6.54 Å². The number of nitrogens with zero attached hydrogens (tertiary/aromatic N) is 1. The fourth-order valence-corrected chi connectivity index (χ4v) is 3.22. The van der Waals surface area contributed by atoms with Gasteiger partial charge in [-0.25, -0.2) is 12.8 Å². The Balaban J connectivity index is 3.19. The van der Waals surface area contributed by atoms with E-state index < -0.39 is 33.3 Å². The van der Waals surface area contributed by atoms with Crippen molar-refractivity contribution in [3.63, 3.8) is 0 Å². The molecule has 1 aromatic rings. The minimum absolute atomic E-state index is 0.0168.